The predicted octanol–water partition coefficient (Wildman–Crippen LogP) is 2.37. The number of hydrogen-bond donors (Lipinski definition) is 1. The first-order valence-corrected chi connectivity index (χ1v) is 5.19. The molecule has 0 saturated heterocycles. The van der Waals surface area contributed by atoms with E-state index < -0.39 is 0 Å². The summed E-state index contributed by atoms with van der Waals surface area (Å²) in [6, 6.07) is 4.39. The molecule has 0 bridgehead atoms. The van der Waals surface area contributed by atoms with E-state index in [4.69, 9.17) is 5.73 Å². The lowest BCUT2D eigenvalue weighted by Gasteiger charge is -2.04. The van der Waals surface area contributed by atoms with Crippen molar-refractivity contribution in [3.63, 3.8) is 0 Å². The number of hydrogen-bond acceptors (Lipinski definition) is 2. The van der Waals surface area contributed by atoms with Gasteiger partial charge in [0.1, 0.15) is 5.82 Å². The Morgan fingerprint density at radius 1 is 1.38 bits per heavy atom. The molecule has 0 aliphatic rings. The Kier molecular flexibility index (Phi) is 2.64. The molecule has 2 rings (SSSR count). The first kappa shape index (κ1) is 10.7. The van der Waals surface area contributed by atoms with Gasteiger partial charge in [-0.15, -0.1) is 0 Å². The van der Waals surface area contributed by atoms with Crippen molar-refractivity contribution in [1.29, 1.82) is 0 Å². The monoisotopic (exact) mass is 219 g/mol. The van der Waals surface area contributed by atoms with Gasteiger partial charge in [-0.1, -0.05) is 6.92 Å². The average Bonchev–Trinajstić information content (AvgIpc) is 2.63. The van der Waals surface area contributed by atoms with E-state index in [0.717, 1.165) is 17.7 Å². The van der Waals surface area contributed by atoms with Gasteiger partial charge in [-0.3, -0.25) is 4.68 Å². The summed E-state index contributed by atoms with van der Waals surface area (Å²) in [7, 11) is 1.85. The Bertz CT molecular complexity index is 517. The summed E-state index contributed by atoms with van der Waals surface area (Å²) >= 11 is 0. The van der Waals surface area contributed by atoms with Gasteiger partial charge in [0.05, 0.1) is 5.69 Å². The third kappa shape index (κ3) is 1.78. The highest BCUT2D eigenvalue weighted by molar-refractivity contribution is 5.77. The van der Waals surface area contributed by atoms with Gasteiger partial charge in [-0.2, -0.15) is 5.10 Å². The van der Waals surface area contributed by atoms with E-state index >= 15 is 0 Å². The van der Waals surface area contributed by atoms with E-state index in [1.807, 2.05) is 20.2 Å². The molecule has 1 aromatic carbocycles. The zero-order chi connectivity index (χ0) is 11.7. The molecule has 0 unspecified atom stereocenters. The van der Waals surface area contributed by atoms with Crippen LogP contribution in [0.5, 0.6) is 0 Å². The van der Waals surface area contributed by atoms with Crippen molar-refractivity contribution >= 4 is 5.69 Å². The van der Waals surface area contributed by atoms with Crippen molar-refractivity contribution in [3.8, 4) is 11.1 Å². The van der Waals surface area contributed by atoms with Crippen molar-refractivity contribution in [2.24, 2.45) is 7.05 Å². The molecule has 0 spiro atoms. The summed E-state index contributed by atoms with van der Waals surface area (Å²) in [5.74, 6) is -0.282. The van der Waals surface area contributed by atoms with Gasteiger partial charge in [-0.05, 0) is 24.6 Å². The van der Waals surface area contributed by atoms with Crippen LogP contribution in [0.25, 0.3) is 11.1 Å². The van der Waals surface area contributed by atoms with E-state index in [-0.39, 0.29) is 5.82 Å². The number of nitrogens with two attached hydrogens (primary N) is 1. The van der Waals surface area contributed by atoms with Gasteiger partial charge in [0.2, 0.25) is 0 Å². The van der Waals surface area contributed by atoms with Crippen LogP contribution in [0.1, 0.15) is 12.6 Å². The Morgan fingerprint density at radius 3 is 2.81 bits per heavy atom. The minimum atomic E-state index is -0.282. The van der Waals surface area contributed by atoms with Crippen molar-refractivity contribution in [1.82, 2.24) is 9.78 Å². The molecule has 0 aliphatic heterocycles. The van der Waals surface area contributed by atoms with E-state index in [1.54, 1.807) is 10.7 Å². The number of halogens is 1. The van der Waals surface area contributed by atoms with Crippen LogP contribution in [0.4, 0.5) is 10.1 Å². The second kappa shape index (κ2) is 3.96. The van der Waals surface area contributed by atoms with Crippen LogP contribution in [-0.4, -0.2) is 9.78 Å². The fourth-order valence-corrected chi connectivity index (χ4v) is 1.78. The number of aromatic nitrogens is 2. The SMILES string of the molecule is CCc1nn(C)cc1-c1cc(F)ccc1N. The Hall–Kier alpha value is -1.84. The molecule has 84 valence electrons. The molecule has 4 heteroatoms. The number of benzene rings is 1. The highest BCUT2D eigenvalue weighted by atomic mass is 19.1. The van der Waals surface area contributed by atoms with Gasteiger partial charge in [0.15, 0.2) is 0 Å². The lowest BCUT2D eigenvalue weighted by atomic mass is 10.0. The molecule has 0 aliphatic carbocycles. The maximum atomic E-state index is 13.2. The van der Waals surface area contributed by atoms with Crippen LogP contribution in [0.15, 0.2) is 24.4 Å². The van der Waals surface area contributed by atoms with Crippen LogP contribution < -0.4 is 5.73 Å². The molecule has 0 fully saturated rings. The predicted molar refractivity (Wildman–Crippen MR) is 62.4 cm³/mol. The van der Waals surface area contributed by atoms with Crippen LogP contribution in [0.3, 0.4) is 0 Å². The van der Waals surface area contributed by atoms with E-state index in [9.17, 15) is 4.39 Å². The third-order valence-corrected chi connectivity index (χ3v) is 2.55. The first-order valence-electron chi connectivity index (χ1n) is 5.19. The van der Waals surface area contributed by atoms with Gasteiger partial charge in [-0.25, -0.2) is 4.39 Å². The van der Waals surface area contributed by atoms with Crippen LogP contribution in [0.2, 0.25) is 0 Å². The highest BCUT2D eigenvalue weighted by Crippen LogP contribution is 2.29. The molecular formula is C12H14FN3. The van der Waals surface area contributed by atoms with Crippen molar-refractivity contribution in [2.45, 2.75) is 13.3 Å². The zero-order valence-electron chi connectivity index (χ0n) is 9.37. The Labute approximate surface area is 93.7 Å². The smallest absolute Gasteiger partial charge is 0.123 e. The molecule has 0 atom stereocenters. The minimum Gasteiger partial charge on any atom is -0.398 e. The maximum absolute atomic E-state index is 13.2. The fourth-order valence-electron chi connectivity index (χ4n) is 1.78. The standard InChI is InChI=1S/C12H14FN3/c1-3-12-10(7-16(2)15-12)9-6-8(13)4-5-11(9)14/h4-7H,3,14H2,1-2H3. The summed E-state index contributed by atoms with van der Waals surface area (Å²) < 4.78 is 14.9. The molecule has 0 saturated carbocycles. The quantitative estimate of drug-likeness (QED) is 0.788. The molecule has 0 amide bonds. The van der Waals surface area contributed by atoms with Crippen molar-refractivity contribution in [3.05, 3.63) is 35.9 Å². The second-order valence-corrected chi connectivity index (χ2v) is 3.75. The van der Waals surface area contributed by atoms with Crippen molar-refractivity contribution < 1.29 is 4.39 Å². The third-order valence-electron chi connectivity index (χ3n) is 2.55. The lowest BCUT2D eigenvalue weighted by molar-refractivity contribution is 0.628. The average molecular weight is 219 g/mol. The molecular weight excluding hydrogens is 205 g/mol. The van der Waals surface area contributed by atoms with Gasteiger partial charge in [0, 0.05) is 30.1 Å². The molecule has 0 radical (unpaired) electrons. The lowest BCUT2D eigenvalue weighted by Crippen LogP contribution is -1.93. The normalized spacial score (nSPS) is 10.7. The molecule has 1 heterocycles. The largest absolute Gasteiger partial charge is 0.398 e. The van der Waals surface area contributed by atoms with Crippen LogP contribution >= 0.6 is 0 Å². The highest BCUT2D eigenvalue weighted by Gasteiger charge is 2.11. The number of nitrogen functional groups attached to an aromatic ring is 1. The van der Waals surface area contributed by atoms with Gasteiger partial charge in [0.25, 0.3) is 0 Å². The molecule has 2 aromatic rings. The fraction of sp³-hybridized carbons (Fsp3) is 0.250. The summed E-state index contributed by atoms with van der Waals surface area (Å²) in [4.78, 5) is 0. The maximum Gasteiger partial charge on any atom is 0.123 e. The summed E-state index contributed by atoms with van der Waals surface area (Å²) in [5, 5.41) is 4.31. The molecule has 3 nitrogen and oxygen atoms in total. The first-order chi connectivity index (χ1) is 7.61. The Morgan fingerprint density at radius 2 is 2.12 bits per heavy atom. The Balaban J connectivity index is 2.61. The minimum absolute atomic E-state index is 0.282. The van der Waals surface area contributed by atoms with Crippen LogP contribution in [-0.2, 0) is 13.5 Å². The van der Waals surface area contributed by atoms with E-state index in [2.05, 4.69) is 5.10 Å². The summed E-state index contributed by atoms with van der Waals surface area (Å²) in [6.07, 6.45) is 2.66. The molecule has 2 N–H and O–H groups in total. The van der Waals surface area contributed by atoms with E-state index in [0.29, 0.717) is 11.3 Å². The molecule has 16 heavy (non-hydrogen) atoms. The van der Waals surface area contributed by atoms with Gasteiger partial charge < -0.3 is 5.73 Å². The van der Waals surface area contributed by atoms with E-state index in [1.165, 1.54) is 12.1 Å². The number of rotatable bonds is 2. The number of aryl methyl sites for hydroxylation is 2. The molecule has 1 aromatic heterocycles. The summed E-state index contributed by atoms with van der Waals surface area (Å²) in [6.45, 7) is 2.02. The number of nitrogens with zero attached hydrogens (tertiary/aromatic N) is 2. The second-order valence-electron chi connectivity index (χ2n) is 3.75. The topological polar surface area (TPSA) is 43.8 Å². The zero-order valence-corrected chi connectivity index (χ0v) is 9.37. The van der Waals surface area contributed by atoms with Gasteiger partial charge >= 0.3 is 0 Å². The van der Waals surface area contributed by atoms with Crippen molar-refractivity contribution in [2.75, 3.05) is 5.73 Å². The number of anilines is 1. The van der Waals surface area contributed by atoms with Crippen LogP contribution in [0, 0.1) is 5.82 Å². The summed E-state index contributed by atoms with van der Waals surface area (Å²) in [5.41, 5.74) is 8.97.